The molecule has 0 aromatic heterocycles. The van der Waals surface area contributed by atoms with Crippen LogP contribution in [0.4, 0.5) is 0 Å². The summed E-state index contributed by atoms with van der Waals surface area (Å²) >= 11 is 0. The molecular weight excluding hydrogens is 264 g/mol. The SMILES string of the molecule is CN=C(NCCC(=O)N1CCCC(C)C1)NC(C)C(C)C. The van der Waals surface area contributed by atoms with Gasteiger partial charge < -0.3 is 15.5 Å². The van der Waals surface area contributed by atoms with Crippen LogP contribution in [0, 0.1) is 11.8 Å². The van der Waals surface area contributed by atoms with E-state index < -0.39 is 0 Å². The largest absolute Gasteiger partial charge is 0.356 e. The van der Waals surface area contributed by atoms with Gasteiger partial charge in [0.15, 0.2) is 5.96 Å². The molecule has 0 radical (unpaired) electrons. The average Bonchev–Trinajstić information content (AvgIpc) is 2.45. The van der Waals surface area contributed by atoms with Gasteiger partial charge in [-0.25, -0.2) is 0 Å². The maximum absolute atomic E-state index is 12.2. The molecule has 2 atom stereocenters. The molecule has 1 fully saturated rings. The third-order valence-electron chi connectivity index (χ3n) is 4.23. The summed E-state index contributed by atoms with van der Waals surface area (Å²) in [5, 5.41) is 6.57. The number of carbonyl (C=O) groups is 1. The van der Waals surface area contributed by atoms with Gasteiger partial charge in [-0.1, -0.05) is 20.8 Å². The molecule has 122 valence electrons. The van der Waals surface area contributed by atoms with Gasteiger partial charge >= 0.3 is 0 Å². The van der Waals surface area contributed by atoms with Crippen molar-refractivity contribution in [2.45, 2.75) is 53.0 Å². The number of hydrogen-bond donors (Lipinski definition) is 2. The fourth-order valence-electron chi connectivity index (χ4n) is 2.44. The summed E-state index contributed by atoms with van der Waals surface area (Å²) in [6.07, 6.45) is 2.91. The van der Waals surface area contributed by atoms with E-state index in [0.717, 1.165) is 25.5 Å². The van der Waals surface area contributed by atoms with Crippen LogP contribution >= 0.6 is 0 Å². The molecule has 0 aromatic carbocycles. The Morgan fingerprint density at radius 1 is 1.38 bits per heavy atom. The van der Waals surface area contributed by atoms with Gasteiger partial charge in [-0.15, -0.1) is 0 Å². The molecule has 1 aliphatic rings. The lowest BCUT2D eigenvalue weighted by Gasteiger charge is -2.31. The summed E-state index contributed by atoms with van der Waals surface area (Å²) < 4.78 is 0. The van der Waals surface area contributed by atoms with E-state index in [2.05, 4.69) is 43.3 Å². The van der Waals surface area contributed by atoms with Crippen LogP contribution in [0.15, 0.2) is 4.99 Å². The van der Waals surface area contributed by atoms with E-state index in [1.165, 1.54) is 6.42 Å². The monoisotopic (exact) mass is 296 g/mol. The molecule has 2 N–H and O–H groups in total. The van der Waals surface area contributed by atoms with Crippen LogP contribution in [0.3, 0.4) is 0 Å². The Labute approximate surface area is 129 Å². The highest BCUT2D eigenvalue weighted by Gasteiger charge is 2.20. The first-order valence-corrected chi connectivity index (χ1v) is 8.19. The van der Waals surface area contributed by atoms with Gasteiger partial charge in [0, 0.05) is 39.1 Å². The number of hydrogen-bond acceptors (Lipinski definition) is 2. The molecule has 0 bridgehead atoms. The van der Waals surface area contributed by atoms with Crippen molar-refractivity contribution in [3.05, 3.63) is 0 Å². The fraction of sp³-hybridized carbons (Fsp3) is 0.875. The molecule has 1 amide bonds. The van der Waals surface area contributed by atoms with E-state index >= 15 is 0 Å². The Hall–Kier alpha value is -1.26. The molecule has 0 aliphatic carbocycles. The first-order chi connectivity index (χ1) is 9.93. The van der Waals surface area contributed by atoms with Crippen LogP contribution in [0.5, 0.6) is 0 Å². The molecule has 1 saturated heterocycles. The Bertz CT molecular complexity index is 354. The molecule has 0 saturated carbocycles. The number of nitrogens with one attached hydrogen (secondary N) is 2. The predicted octanol–water partition coefficient (Wildman–Crippen LogP) is 1.84. The number of amides is 1. The summed E-state index contributed by atoms with van der Waals surface area (Å²) in [5.74, 6) is 2.20. The first kappa shape index (κ1) is 17.8. The van der Waals surface area contributed by atoms with Gasteiger partial charge in [-0.2, -0.15) is 0 Å². The molecule has 1 aliphatic heterocycles. The molecule has 2 unspecified atom stereocenters. The van der Waals surface area contributed by atoms with E-state index in [-0.39, 0.29) is 5.91 Å². The van der Waals surface area contributed by atoms with Crippen molar-refractivity contribution >= 4 is 11.9 Å². The maximum Gasteiger partial charge on any atom is 0.224 e. The summed E-state index contributed by atoms with van der Waals surface area (Å²) in [7, 11) is 1.76. The zero-order chi connectivity index (χ0) is 15.8. The van der Waals surface area contributed by atoms with Gasteiger partial charge in [0.2, 0.25) is 5.91 Å². The van der Waals surface area contributed by atoms with Crippen molar-refractivity contribution in [1.82, 2.24) is 15.5 Å². The van der Waals surface area contributed by atoms with Gasteiger partial charge in [0.25, 0.3) is 0 Å². The number of rotatable bonds is 5. The molecule has 21 heavy (non-hydrogen) atoms. The second kappa shape index (κ2) is 8.90. The van der Waals surface area contributed by atoms with Crippen LogP contribution in [0.25, 0.3) is 0 Å². The average molecular weight is 296 g/mol. The van der Waals surface area contributed by atoms with Crippen molar-refractivity contribution in [3.8, 4) is 0 Å². The third-order valence-corrected chi connectivity index (χ3v) is 4.23. The highest BCUT2D eigenvalue weighted by Crippen LogP contribution is 2.15. The quantitative estimate of drug-likeness (QED) is 0.601. The summed E-state index contributed by atoms with van der Waals surface area (Å²) in [6, 6.07) is 0.356. The smallest absolute Gasteiger partial charge is 0.224 e. The van der Waals surface area contributed by atoms with Crippen molar-refractivity contribution < 1.29 is 4.79 Å². The zero-order valence-electron chi connectivity index (χ0n) is 14.3. The lowest BCUT2D eigenvalue weighted by Crippen LogP contribution is -2.46. The minimum Gasteiger partial charge on any atom is -0.356 e. The standard InChI is InChI=1S/C16H32N4O/c1-12(2)14(4)19-16(17-5)18-9-8-15(21)20-10-6-7-13(3)11-20/h12-14H,6-11H2,1-5H3,(H2,17,18,19). The second-order valence-corrected chi connectivity index (χ2v) is 6.51. The number of guanidine groups is 1. The first-order valence-electron chi connectivity index (χ1n) is 8.19. The molecule has 5 heteroatoms. The van der Waals surface area contributed by atoms with Crippen molar-refractivity contribution in [3.63, 3.8) is 0 Å². The molecule has 0 aromatic rings. The zero-order valence-corrected chi connectivity index (χ0v) is 14.3. The van der Waals surface area contributed by atoms with Gasteiger partial charge in [0.1, 0.15) is 0 Å². The summed E-state index contributed by atoms with van der Waals surface area (Å²) in [4.78, 5) is 18.4. The molecule has 1 heterocycles. The second-order valence-electron chi connectivity index (χ2n) is 6.51. The Kier molecular flexibility index (Phi) is 7.54. The number of likely N-dealkylation sites (tertiary alicyclic amines) is 1. The van der Waals surface area contributed by atoms with E-state index in [4.69, 9.17) is 0 Å². The third kappa shape index (κ3) is 6.36. The van der Waals surface area contributed by atoms with Crippen molar-refractivity contribution in [2.75, 3.05) is 26.7 Å². The molecular formula is C16H32N4O. The highest BCUT2D eigenvalue weighted by atomic mass is 16.2. The van der Waals surface area contributed by atoms with Gasteiger partial charge in [-0.3, -0.25) is 9.79 Å². The van der Waals surface area contributed by atoms with Crippen LogP contribution in [-0.2, 0) is 4.79 Å². The topological polar surface area (TPSA) is 56.7 Å². The van der Waals surface area contributed by atoms with Crippen molar-refractivity contribution in [2.24, 2.45) is 16.8 Å². The van der Waals surface area contributed by atoms with E-state index in [1.807, 2.05) is 4.90 Å². The Morgan fingerprint density at radius 2 is 2.10 bits per heavy atom. The van der Waals surface area contributed by atoms with Crippen molar-refractivity contribution in [1.29, 1.82) is 0 Å². The van der Waals surface area contributed by atoms with E-state index in [9.17, 15) is 4.79 Å². The van der Waals surface area contributed by atoms with Crippen LogP contribution in [0.2, 0.25) is 0 Å². The normalized spacial score (nSPS) is 21.3. The Morgan fingerprint density at radius 3 is 2.67 bits per heavy atom. The van der Waals surface area contributed by atoms with E-state index in [1.54, 1.807) is 7.05 Å². The molecule has 1 rings (SSSR count). The minimum atomic E-state index is 0.251. The number of carbonyl (C=O) groups excluding carboxylic acids is 1. The number of nitrogens with zero attached hydrogens (tertiary/aromatic N) is 2. The number of aliphatic imine (C=N–C) groups is 1. The molecule has 5 nitrogen and oxygen atoms in total. The summed E-state index contributed by atoms with van der Waals surface area (Å²) in [6.45, 7) is 11.2. The van der Waals surface area contributed by atoms with Gasteiger partial charge in [0.05, 0.1) is 0 Å². The minimum absolute atomic E-state index is 0.251. The maximum atomic E-state index is 12.2. The molecule has 0 spiro atoms. The Balaban J connectivity index is 2.29. The highest BCUT2D eigenvalue weighted by molar-refractivity contribution is 5.81. The lowest BCUT2D eigenvalue weighted by molar-refractivity contribution is -0.132. The van der Waals surface area contributed by atoms with Crippen LogP contribution in [-0.4, -0.2) is 49.5 Å². The predicted molar refractivity (Wildman–Crippen MR) is 88.4 cm³/mol. The van der Waals surface area contributed by atoms with Gasteiger partial charge in [-0.05, 0) is 31.6 Å². The van der Waals surface area contributed by atoms with Crippen LogP contribution < -0.4 is 10.6 Å². The number of piperidine rings is 1. The fourth-order valence-corrected chi connectivity index (χ4v) is 2.44. The lowest BCUT2D eigenvalue weighted by atomic mass is 10.00. The van der Waals surface area contributed by atoms with E-state index in [0.29, 0.717) is 30.8 Å². The van der Waals surface area contributed by atoms with Crippen LogP contribution in [0.1, 0.15) is 47.0 Å². The summed E-state index contributed by atoms with van der Waals surface area (Å²) in [5.41, 5.74) is 0.